The molecule has 9 heteroatoms. The van der Waals surface area contributed by atoms with Gasteiger partial charge in [0, 0.05) is 52.0 Å². The smallest absolute Gasteiger partial charge is 0.237 e. The van der Waals surface area contributed by atoms with Gasteiger partial charge in [-0.2, -0.15) is 0 Å². The highest BCUT2D eigenvalue weighted by atomic mass is 35.5. The Labute approximate surface area is 247 Å². The number of amides is 1. The molecule has 2 heterocycles. The number of unbranched alkanes of at least 4 members (excludes halogenated alkanes) is 3. The van der Waals surface area contributed by atoms with E-state index in [0.29, 0.717) is 13.0 Å². The van der Waals surface area contributed by atoms with E-state index in [-0.39, 0.29) is 30.7 Å². The van der Waals surface area contributed by atoms with Crippen molar-refractivity contribution in [1.29, 1.82) is 0 Å². The van der Waals surface area contributed by atoms with Crippen molar-refractivity contribution in [2.75, 3.05) is 18.4 Å². The summed E-state index contributed by atoms with van der Waals surface area (Å²) < 4.78 is 0. The van der Waals surface area contributed by atoms with E-state index in [2.05, 4.69) is 27.8 Å². The van der Waals surface area contributed by atoms with Crippen LogP contribution in [-0.4, -0.2) is 35.0 Å². The van der Waals surface area contributed by atoms with Crippen molar-refractivity contribution >= 4 is 69.8 Å². The summed E-state index contributed by atoms with van der Waals surface area (Å²) in [6.07, 6.45) is 11.3. The van der Waals surface area contributed by atoms with E-state index in [1.807, 2.05) is 36.5 Å². The lowest BCUT2D eigenvalue weighted by atomic mass is 9.92. The molecule has 0 bridgehead atoms. The molecule has 2 aromatic carbocycles. The van der Waals surface area contributed by atoms with Crippen molar-refractivity contribution in [3.05, 3.63) is 70.5 Å². The van der Waals surface area contributed by atoms with Crippen LogP contribution in [0.1, 0.15) is 55.3 Å². The molecule has 2 aromatic heterocycles. The predicted octanol–water partition coefficient (Wildman–Crippen LogP) is 6.75. The fourth-order valence-electron chi connectivity index (χ4n) is 5.39. The number of nitrogens with zero attached hydrogens (tertiary/aromatic N) is 1. The molecule has 0 saturated carbocycles. The first-order valence-corrected chi connectivity index (χ1v) is 13.9. The number of aromatic amines is 1. The number of halogens is 3. The number of rotatable bonds is 11. The minimum Gasteiger partial charge on any atom is -0.384 e. The number of carbonyl (C=O) groups is 1. The summed E-state index contributed by atoms with van der Waals surface area (Å²) in [5.41, 5.74) is 13.2. The van der Waals surface area contributed by atoms with E-state index >= 15 is 0 Å². The number of nitrogens with two attached hydrogens (primary N) is 1. The van der Waals surface area contributed by atoms with Crippen LogP contribution in [0.3, 0.4) is 0 Å². The monoisotopic (exact) mass is 589 g/mol. The van der Waals surface area contributed by atoms with Crippen molar-refractivity contribution in [3.8, 4) is 0 Å². The van der Waals surface area contributed by atoms with Crippen molar-refractivity contribution < 1.29 is 4.79 Å². The lowest BCUT2D eigenvalue weighted by molar-refractivity contribution is -0.122. The Kier molecular flexibility index (Phi) is 11.7. The fourth-order valence-corrected chi connectivity index (χ4v) is 5.56. The van der Waals surface area contributed by atoms with Gasteiger partial charge in [0.15, 0.2) is 0 Å². The van der Waals surface area contributed by atoms with E-state index in [0.717, 1.165) is 77.5 Å². The maximum absolute atomic E-state index is 12.5. The molecule has 1 aliphatic carbocycles. The highest BCUT2D eigenvalue weighted by Crippen LogP contribution is 2.34. The van der Waals surface area contributed by atoms with Crippen LogP contribution < -0.4 is 16.4 Å². The van der Waals surface area contributed by atoms with Crippen LogP contribution in [0.25, 0.3) is 21.8 Å². The maximum Gasteiger partial charge on any atom is 0.237 e. The van der Waals surface area contributed by atoms with Crippen LogP contribution in [0.4, 0.5) is 5.69 Å². The van der Waals surface area contributed by atoms with Gasteiger partial charge in [0.2, 0.25) is 5.91 Å². The van der Waals surface area contributed by atoms with Crippen LogP contribution in [0.2, 0.25) is 5.02 Å². The Morgan fingerprint density at radius 1 is 1.00 bits per heavy atom. The first-order valence-electron chi connectivity index (χ1n) is 13.5. The first-order chi connectivity index (χ1) is 18.1. The molecule has 0 aliphatic heterocycles. The lowest BCUT2D eigenvalue weighted by Gasteiger charge is -2.22. The second-order valence-electron chi connectivity index (χ2n) is 10.1. The van der Waals surface area contributed by atoms with E-state index in [4.69, 9.17) is 22.3 Å². The standard InChI is InChI=1S/C30H36ClN5O.2ClH/c31-21-13-14-24-28(18-21)36-27-12-6-4-10-23(27)29(24)33-15-7-1-2-8-16-34-30(37)25(32)17-20-19-35-26-11-5-3-9-22(20)26;;/h3,5,9,11,13-14,18-19,25,35H,1-2,4,6-8,10,12,15-17,32H2,(H,33,36)(H,34,37);2*1H. The third kappa shape index (κ3) is 7.57. The van der Waals surface area contributed by atoms with E-state index in [9.17, 15) is 4.79 Å². The van der Waals surface area contributed by atoms with Gasteiger partial charge in [-0.15, -0.1) is 24.8 Å². The number of para-hydroxylation sites is 1. The number of nitrogens with one attached hydrogen (secondary N) is 3. The molecule has 5 rings (SSSR count). The summed E-state index contributed by atoms with van der Waals surface area (Å²) in [7, 11) is 0. The number of hydrogen-bond donors (Lipinski definition) is 4. The highest BCUT2D eigenvalue weighted by molar-refractivity contribution is 6.31. The largest absolute Gasteiger partial charge is 0.384 e. The molecule has 4 aromatic rings. The van der Waals surface area contributed by atoms with E-state index in [1.165, 1.54) is 29.8 Å². The molecule has 6 nitrogen and oxygen atoms in total. The quantitative estimate of drug-likeness (QED) is 0.145. The van der Waals surface area contributed by atoms with E-state index < -0.39 is 6.04 Å². The van der Waals surface area contributed by atoms with Crippen LogP contribution in [0.5, 0.6) is 0 Å². The van der Waals surface area contributed by atoms with Crippen LogP contribution >= 0.6 is 36.4 Å². The molecule has 0 spiro atoms. The number of aromatic nitrogens is 2. The SMILES string of the molecule is Cl.Cl.NC(Cc1c[nH]c2ccccc12)C(=O)NCCCCCCNc1c2c(nc3cc(Cl)ccc13)CCCC2. The Hall–Kier alpha value is -2.51. The van der Waals surface area contributed by atoms with Gasteiger partial charge in [-0.3, -0.25) is 9.78 Å². The Bertz CT molecular complexity index is 1390. The predicted molar refractivity (Wildman–Crippen MR) is 168 cm³/mol. The Balaban J connectivity index is 0.00000210. The number of carbonyl (C=O) groups excluding carboxylic acids is 1. The first kappa shape index (κ1) is 31.0. The fraction of sp³-hybridized carbons (Fsp3) is 0.400. The topological polar surface area (TPSA) is 95.8 Å². The lowest BCUT2D eigenvalue weighted by Crippen LogP contribution is -2.42. The normalized spacial score (nSPS) is 13.3. The second kappa shape index (κ2) is 14.8. The number of anilines is 1. The Morgan fingerprint density at radius 3 is 2.62 bits per heavy atom. The third-order valence-electron chi connectivity index (χ3n) is 7.38. The average Bonchev–Trinajstić information content (AvgIpc) is 3.32. The molecule has 39 heavy (non-hydrogen) atoms. The number of aryl methyl sites for hydroxylation is 1. The Morgan fingerprint density at radius 2 is 1.77 bits per heavy atom. The van der Waals surface area contributed by atoms with Gasteiger partial charge >= 0.3 is 0 Å². The summed E-state index contributed by atoms with van der Waals surface area (Å²) in [6, 6.07) is 13.6. The van der Waals surface area contributed by atoms with Gasteiger partial charge in [0.1, 0.15) is 0 Å². The summed E-state index contributed by atoms with van der Waals surface area (Å²) in [5.74, 6) is -0.0820. The molecule has 210 valence electrons. The highest BCUT2D eigenvalue weighted by Gasteiger charge is 2.18. The van der Waals surface area contributed by atoms with Crippen molar-refractivity contribution in [1.82, 2.24) is 15.3 Å². The molecular formula is C30H38Cl3N5O. The zero-order chi connectivity index (χ0) is 25.6. The van der Waals surface area contributed by atoms with E-state index in [1.54, 1.807) is 0 Å². The van der Waals surface area contributed by atoms with Crippen molar-refractivity contribution in [2.45, 2.75) is 63.8 Å². The number of H-pyrrole nitrogens is 1. The van der Waals surface area contributed by atoms with Gasteiger partial charge in [-0.25, -0.2) is 0 Å². The van der Waals surface area contributed by atoms with Gasteiger partial charge in [-0.05, 0) is 80.3 Å². The minimum atomic E-state index is -0.542. The second-order valence-corrected chi connectivity index (χ2v) is 10.5. The molecule has 0 fully saturated rings. The molecule has 0 saturated heterocycles. The van der Waals surface area contributed by atoms with Crippen molar-refractivity contribution in [2.24, 2.45) is 5.73 Å². The molecule has 1 aliphatic rings. The number of fused-ring (bicyclic) bond motifs is 3. The zero-order valence-electron chi connectivity index (χ0n) is 22.1. The van der Waals surface area contributed by atoms with Gasteiger partial charge in [0.25, 0.3) is 0 Å². The van der Waals surface area contributed by atoms with Crippen LogP contribution in [0, 0.1) is 0 Å². The van der Waals surface area contributed by atoms with Gasteiger partial charge in [-0.1, -0.05) is 42.6 Å². The molecule has 0 radical (unpaired) electrons. The molecule has 1 amide bonds. The molecule has 1 atom stereocenters. The van der Waals surface area contributed by atoms with Crippen LogP contribution in [-0.2, 0) is 24.1 Å². The summed E-state index contributed by atoms with van der Waals surface area (Å²) in [6.45, 7) is 1.59. The molecule has 5 N–H and O–H groups in total. The average molecular weight is 591 g/mol. The van der Waals surface area contributed by atoms with Gasteiger partial charge < -0.3 is 21.4 Å². The third-order valence-corrected chi connectivity index (χ3v) is 7.62. The number of benzene rings is 2. The number of hydrogen-bond acceptors (Lipinski definition) is 4. The minimum absolute atomic E-state index is 0. The molecule has 1 unspecified atom stereocenters. The zero-order valence-corrected chi connectivity index (χ0v) is 24.5. The summed E-state index contributed by atoms with van der Waals surface area (Å²) in [5, 5.41) is 9.75. The van der Waals surface area contributed by atoms with Crippen LogP contribution in [0.15, 0.2) is 48.7 Å². The van der Waals surface area contributed by atoms with Crippen molar-refractivity contribution in [3.63, 3.8) is 0 Å². The molecular weight excluding hydrogens is 553 g/mol. The van der Waals surface area contributed by atoms with Gasteiger partial charge in [0.05, 0.1) is 11.6 Å². The summed E-state index contributed by atoms with van der Waals surface area (Å²) in [4.78, 5) is 20.6. The maximum atomic E-state index is 12.5. The summed E-state index contributed by atoms with van der Waals surface area (Å²) >= 11 is 6.24. The number of pyridine rings is 1.